The smallest absolute Gasteiger partial charge is 0.404 e. The number of hydrogen-bond donors (Lipinski definition) is 2. The molecule has 0 spiro atoms. The number of nitrogens with one attached hydrogen (secondary N) is 1. The van der Waals surface area contributed by atoms with Crippen LogP contribution in [0.1, 0.15) is 25.7 Å². The first-order valence-corrected chi connectivity index (χ1v) is 4.24. The van der Waals surface area contributed by atoms with Gasteiger partial charge in [0.1, 0.15) is 0 Å². The highest BCUT2D eigenvalue weighted by Gasteiger charge is 2.21. The van der Waals surface area contributed by atoms with Crippen molar-refractivity contribution in [3.05, 3.63) is 0 Å². The number of carbonyl (C=O) groups is 1. The first kappa shape index (κ1) is 9.32. The molecule has 1 saturated carbocycles. The molecule has 0 unspecified atom stereocenters. The van der Waals surface area contributed by atoms with Gasteiger partial charge in [-0.25, -0.2) is 4.79 Å². The lowest BCUT2D eigenvalue weighted by Crippen LogP contribution is -2.38. The average Bonchev–Trinajstić information content (AvgIpc) is 2.05. The standard InChI is InChI=1S/C8H15NO3/c1-12-7-4-2-6(3-5-7)9-8(10)11/h6-7,9H,2-5H2,1H3,(H,10,11)/t6-,7+. The van der Waals surface area contributed by atoms with Gasteiger partial charge in [-0.05, 0) is 25.7 Å². The Bertz CT molecular complexity index is 152. The van der Waals surface area contributed by atoms with Crippen LogP contribution < -0.4 is 5.32 Å². The van der Waals surface area contributed by atoms with E-state index < -0.39 is 6.09 Å². The predicted octanol–water partition coefficient (Wildman–Crippen LogP) is 1.21. The van der Waals surface area contributed by atoms with Crippen molar-refractivity contribution < 1.29 is 14.6 Å². The van der Waals surface area contributed by atoms with Crippen LogP contribution in [0.3, 0.4) is 0 Å². The van der Waals surface area contributed by atoms with Crippen molar-refractivity contribution in [1.82, 2.24) is 5.32 Å². The first-order valence-electron chi connectivity index (χ1n) is 4.24. The van der Waals surface area contributed by atoms with Crippen LogP contribution in [0.5, 0.6) is 0 Å². The Balaban J connectivity index is 2.21. The van der Waals surface area contributed by atoms with E-state index in [2.05, 4.69) is 5.32 Å². The van der Waals surface area contributed by atoms with E-state index in [1.165, 1.54) is 0 Å². The Kier molecular flexibility index (Phi) is 3.34. The zero-order valence-electron chi connectivity index (χ0n) is 7.25. The molecule has 0 saturated heterocycles. The minimum atomic E-state index is -0.920. The SMILES string of the molecule is CO[C@H]1CC[C@@H](NC(=O)O)CC1. The van der Waals surface area contributed by atoms with E-state index in [0.717, 1.165) is 25.7 Å². The fraction of sp³-hybridized carbons (Fsp3) is 0.875. The van der Waals surface area contributed by atoms with Crippen molar-refractivity contribution in [2.45, 2.75) is 37.8 Å². The highest BCUT2D eigenvalue weighted by atomic mass is 16.5. The molecule has 0 bridgehead atoms. The fourth-order valence-electron chi connectivity index (χ4n) is 1.62. The molecular formula is C8H15NO3. The van der Waals surface area contributed by atoms with Gasteiger partial charge in [0.15, 0.2) is 0 Å². The molecule has 0 aromatic heterocycles. The van der Waals surface area contributed by atoms with Crippen molar-refractivity contribution in [2.24, 2.45) is 0 Å². The van der Waals surface area contributed by atoms with Crippen molar-refractivity contribution >= 4 is 6.09 Å². The highest BCUT2D eigenvalue weighted by molar-refractivity contribution is 5.64. The van der Waals surface area contributed by atoms with E-state index >= 15 is 0 Å². The quantitative estimate of drug-likeness (QED) is 0.660. The van der Waals surface area contributed by atoms with Crippen LogP contribution in [-0.2, 0) is 4.74 Å². The Morgan fingerprint density at radius 3 is 2.42 bits per heavy atom. The number of hydrogen-bond acceptors (Lipinski definition) is 2. The van der Waals surface area contributed by atoms with Gasteiger partial charge >= 0.3 is 6.09 Å². The maximum absolute atomic E-state index is 10.3. The molecule has 1 aliphatic rings. The summed E-state index contributed by atoms with van der Waals surface area (Å²) in [6, 6.07) is 0.133. The monoisotopic (exact) mass is 173 g/mol. The third-order valence-corrected chi connectivity index (χ3v) is 2.34. The number of ether oxygens (including phenoxy) is 1. The normalized spacial score (nSPS) is 29.8. The van der Waals surface area contributed by atoms with Crippen molar-refractivity contribution in [2.75, 3.05) is 7.11 Å². The minimum absolute atomic E-state index is 0.133. The topological polar surface area (TPSA) is 58.6 Å². The van der Waals surface area contributed by atoms with E-state index in [4.69, 9.17) is 9.84 Å². The number of carboxylic acid groups (broad SMARTS) is 1. The molecule has 0 aliphatic heterocycles. The zero-order valence-corrected chi connectivity index (χ0v) is 7.25. The van der Waals surface area contributed by atoms with Gasteiger partial charge in [0.2, 0.25) is 0 Å². The molecule has 0 aromatic carbocycles. The largest absolute Gasteiger partial charge is 0.465 e. The lowest BCUT2D eigenvalue weighted by atomic mass is 9.93. The number of amides is 1. The molecule has 0 aromatic rings. The molecule has 1 amide bonds. The van der Waals surface area contributed by atoms with Gasteiger partial charge in [-0.1, -0.05) is 0 Å². The second-order valence-electron chi connectivity index (χ2n) is 3.16. The average molecular weight is 173 g/mol. The third kappa shape index (κ3) is 2.70. The number of methoxy groups -OCH3 is 1. The van der Waals surface area contributed by atoms with Gasteiger partial charge < -0.3 is 15.2 Å². The van der Waals surface area contributed by atoms with Gasteiger partial charge in [0.05, 0.1) is 6.10 Å². The molecule has 0 radical (unpaired) electrons. The predicted molar refractivity (Wildman–Crippen MR) is 44.2 cm³/mol. The van der Waals surface area contributed by atoms with Crippen molar-refractivity contribution in [3.8, 4) is 0 Å². The number of rotatable bonds is 2. The van der Waals surface area contributed by atoms with Crippen LogP contribution in [0.15, 0.2) is 0 Å². The van der Waals surface area contributed by atoms with E-state index in [1.54, 1.807) is 7.11 Å². The molecule has 1 aliphatic carbocycles. The molecule has 2 N–H and O–H groups in total. The molecule has 1 rings (SSSR count). The van der Waals surface area contributed by atoms with E-state index in [-0.39, 0.29) is 6.04 Å². The minimum Gasteiger partial charge on any atom is -0.465 e. The molecule has 0 heterocycles. The van der Waals surface area contributed by atoms with Gasteiger partial charge in [0.25, 0.3) is 0 Å². The van der Waals surface area contributed by atoms with Crippen LogP contribution in [0.25, 0.3) is 0 Å². The Morgan fingerprint density at radius 1 is 1.42 bits per heavy atom. The van der Waals surface area contributed by atoms with Gasteiger partial charge in [-0.15, -0.1) is 0 Å². The van der Waals surface area contributed by atoms with Crippen molar-refractivity contribution in [3.63, 3.8) is 0 Å². The summed E-state index contributed by atoms with van der Waals surface area (Å²) < 4.78 is 5.17. The molecule has 0 atom stereocenters. The summed E-state index contributed by atoms with van der Waals surface area (Å²) in [5.41, 5.74) is 0. The van der Waals surface area contributed by atoms with Crippen LogP contribution >= 0.6 is 0 Å². The Labute approximate surface area is 71.9 Å². The second-order valence-corrected chi connectivity index (χ2v) is 3.16. The summed E-state index contributed by atoms with van der Waals surface area (Å²) in [5, 5.41) is 10.9. The van der Waals surface area contributed by atoms with Crippen molar-refractivity contribution in [1.29, 1.82) is 0 Å². The molecule has 4 nitrogen and oxygen atoms in total. The zero-order chi connectivity index (χ0) is 8.97. The van der Waals surface area contributed by atoms with Crippen LogP contribution in [0.2, 0.25) is 0 Å². The van der Waals surface area contributed by atoms with Crippen LogP contribution in [0, 0.1) is 0 Å². The molecule has 1 fully saturated rings. The molecular weight excluding hydrogens is 158 g/mol. The highest BCUT2D eigenvalue weighted by Crippen LogP contribution is 2.20. The summed E-state index contributed by atoms with van der Waals surface area (Å²) in [6.07, 6.45) is 3.12. The van der Waals surface area contributed by atoms with Gasteiger partial charge in [-0.2, -0.15) is 0 Å². The fourth-order valence-corrected chi connectivity index (χ4v) is 1.62. The lowest BCUT2D eigenvalue weighted by Gasteiger charge is -2.27. The van der Waals surface area contributed by atoms with Gasteiger partial charge in [0, 0.05) is 13.2 Å². The Morgan fingerprint density at radius 2 is 2.00 bits per heavy atom. The maximum atomic E-state index is 10.3. The van der Waals surface area contributed by atoms with Crippen LogP contribution in [0.4, 0.5) is 4.79 Å². The first-order chi connectivity index (χ1) is 5.72. The third-order valence-electron chi connectivity index (χ3n) is 2.34. The summed E-state index contributed by atoms with van der Waals surface area (Å²) in [5.74, 6) is 0. The van der Waals surface area contributed by atoms with Gasteiger partial charge in [-0.3, -0.25) is 0 Å². The lowest BCUT2D eigenvalue weighted by molar-refractivity contribution is 0.0623. The summed E-state index contributed by atoms with van der Waals surface area (Å²) in [4.78, 5) is 10.3. The summed E-state index contributed by atoms with van der Waals surface area (Å²) in [6.45, 7) is 0. The maximum Gasteiger partial charge on any atom is 0.404 e. The summed E-state index contributed by atoms with van der Waals surface area (Å²) >= 11 is 0. The van der Waals surface area contributed by atoms with E-state index in [1.807, 2.05) is 0 Å². The van der Waals surface area contributed by atoms with Crippen LogP contribution in [-0.4, -0.2) is 30.5 Å². The van der Waals surface area contributed by atoms with E-state index in [9.17, 15) is 4.79 Å². The summed E-state index contributed by atoms with van der Waals surface area (Å²) in [7, 11) is 1.70. The second kappa shape index (κ2) is 4.30. The molecule has 70 valence electrons. The Hall–Kier alpha value is -0.770. The molecule has 4 heteroatoms. The van der Waals surface area contributed by atoms with E-state index in [0.29, 0.717) is 6.10 Å². The molecule has 12 heavy (non-hydrogen) atoms.